The van der Waals surface area contributed by atoms with Crippen molar-refractivity contribution in [2.75, 3.05) is 12.7 Å². The van der Waals surface area contributed by atoms with Gasteiger partial charge in [0.25, 0.3) is 0 Å². The van der Waals surface area contributed by atoms with E-state index in [9.17, 15) is 19.2 Å². The number of nitrogens with two attached hydrogens (primary N) is 1. The highest BCUT2D eigenvalue weighted by atomic mass is 32.5. The van der Waals surface area contributed by atoms with Crippen LogP contribution in [-0.4, -0.2) is 57.3 Å². The first-order valence-corrected chi connectivity index (χ1v) is 8.02. The number of aliphatic carboxylic acids is 1. The van der Waals surface area contributed by atoms with Crippen LogP contribution in [0.3, 0.4) is 0 Å². The number of carboxylic acids is 1. The molecule has 114 valence electrons. The van der Waals surface area contributed by atoms with Crippen molar-refractivity contribution in [3.63, 3.8) is 0 Å². The van der Waals surface area contributed by atoms with Gasteiger partial charge in [-0.3, -0.25) is 19.2 Å². The molecular weight excluding hydrogens is 313 g/mol. The van der Waals surface area contributed by atoms with E-state index in [1.165, 1.54) is 0 Å². The summed E-state index contributed by atoms with van der Waals surface area (Å²) in [6.07, 6.45) is -1.37. The smallest absolute Gasteiger partial charge is 0.322 e. The van der Waals surface area contributed by atoms with E-state index in [0.29, 0.717) is 0 Å². The summed E-state index contributed by atoms with van der Waals surface area (Å²) >= 11 is 4.24. The Morgan fingerprint density at radius 2 is 1.80 bits per heavy atom. The summed E-state index contributed by atoms with van der Waals surface area (Å²) in [6.45, 7) is -4.50. The van der Waals surface area contributed by atoms with E-state index in [-0.39, 0.29) is 0 Å². The standard InChI is InChI=1S/C8H14N3O7PS/c9-5(12)1-4(8(16)10-2-7(14)15)11-6(13)3-19(17,18)20/h4H,1-3H2,(H2,9,12)(H,10,16)(H,11,13)(H,14,15)(H2,17,18,20). The molecule has 0 aromatic rings. The van der Waals surface area contributed by atoms with Crippen molar-refractivity contribution in [3.8, 4) is 0 Å². The molecule has 10 nitrogen and oxygen atoms in total. The SMILES string of the molecule is NC(=O)CC(NC(=O)CP(O)(O)=S)C(=O)NCC(=O)O. The summed E-state index contributed by atoms with van der Waals surface area (Å²) in [5.74, 6) is -4.13. The monoisotopic (exact) mass is 327 g/mol. The summed E-state index contributed by atoms with van der Waals surface area (Å²) < 4.78 is 0. The van der Waals surface area contributed by atoms with Gasteiger partial charge in [0, 0.05) is 0 Å². The van der Waals surface area contributed by atoms with Crippen LogP contribution in [-0.2, 0) is 31.0 Å². The minimum atomic E-state index is -3.79. The Morgan fingerprint density at radius 1 is 1.25 bits per heavy atom. The van der Waals surface area contributed by atoms with E-state index in [0.717, 1.165) is 0 Å². The molecule has 0 fully saturated rings. The number of hydrogen-bond acceptors (Lipinski definition) is 5. The highest BCUT2D eigenvalue weighted by molar-refractivity contribution is 8.09. The van der Waals surface area contributed by atoms with Gasteiger partial charge in [0.15, 0.2) is 6.49 Å². The van der Waals surface area contributed by atoms with Gasteiger partial charge < -0.3 is 31.3 Å². The van der Waals surface area contributed by atoms with Crippen LogP contribution in [0.4, 0.5) is 0 Å². The van der Waals surface area contributed by atoms with Crippen molar-refractivity contribution in [1.82, 2.24) is 10.6 Å². The molecule has 1 unspecified atom stereocenters. The topological polar surface area (TPSA) is 179 Å². The fourth-order valence-electron chi connectivity index (χ4n) is 1.12. The largest absolute Gasteiger partial charge is 0.480 e. The summed E-state index contributed by atoms with van der Waals surface area (Å²) in [7, 11) is 0. The molecule has 0 aliphatic heterocycles. The van der Waals surface area contributed by atoms with Gasteiger partial charge in [0.1, 0.15) is 18.7 Å². The summed E-state index contributed by atoms with van der Waals surface area (Å²) in [5.41, 5.74) is 4.89. The number of hydrogen-bond donors (Lipinski definition) is 6. The number of carboxylic acid groups (broad SMARTS) is 1. The van der Waals surface area contributed by atoms with Crippen molar-refractivity contribution < 1.29 is 34.1 Å². The highest BCUT2D eigenvalue weighted by Crippen LogP contribution is 2.33. The van der Waals surface area contributed by atoms with Crippen molar-refractivity contribution in [2.45, 2.75) is 12.5 Å². The third-order valence-corrected chi connectivity index (χ3v) is 2.91. The number of nitrogens with one attached hydrogen (secondary N) is 2. The zero-order valence-corrected chi connectivity index (χ0v) is 11.8. The third kappa shape index (κ3) is 9.39. The second-order valence-corrected chi connectivity index (χ2v) is 7.12. The molecule has 0 saturated carbocycles. The number of rotatable bonds is 8. The van der Waals surface area contributed by atoms with Crippen LogP contribution in [0.5, 0.6) is 0 Å². The Kier molecular flexibility index (Phi) is 7.29. The molecule has 0 radical (unpaired) electrons. The van der Waals surface area contributed by atoms with Crippen molar-refractivity contribution >= 4 is 42.0 Å². The zero-order valence-electron chi connectivity index (χ0n) is 10.1. The lowest BCUT2D eigenvalue weighted by molar-refractivity contribution is -0.138. The third-order valence-electron chi connectivity index (χ3n) is 1.82. The lowest BCUT2D eigenvalue weighted by Crippen LogP contribution is -2.50. The van der Waals surface area contributed by atoms with Gasteiger partial charge >= 0.3 is 5.97 Å². The first-order valence-electron chi connectivity index (χ1n) is 5.13. The zero-order chi connectivity index (χ0) is 15.9. The van der Waals surface area contributed by atoms with Crippen LogP contribution in [0.25, 0.3) is 0 Å². The molecule has 0 aliphatic carbocycles. The first kappa shape index (κ1) is 18.4. The molecule has 0 aliphatic rings. The van der Waals surface area contributed by atoms with Crippen LogP contribution in [0, 0.1) is 0 Å². The molecule has 0 saturated heterocycles. The van der Waals surface area contributed by atoms with Crippen molar-refractivity contribution in [2.24, 2.45) is 5.73 Å². The van der Waals surface area contributed by atoms with Gasteiger partial charge in [0.05, 0.1) is 6.42 Å². The van der Waals surface area contributed by atoms with Crippen LogP contribution < -0.4 is 16.4 Å². The molecule has 0 rings (SSSR count). The fourth-order valence-corrected chi connectivity index (χ4v) is 1.94. The molecular formula is C8H14N3O7PS. The van der Waals surface area contributed by atoms with E-state index >= 15 is 0 Å². The van der Waals surface area contributed by atoms with E-state index in [1.807, 2.05) is 10.6 Å². The Bertz CT molecular complexity index is 463. The van der Waals surface area contributed by atoms with Crippen molar-refractivity contribution in [1.29, 1.82) is 0 Å². The van der Waals surface area contributed by atoms with Crippen LogP contribution in [0.1, 0.15) is 6.42 Å². The molecule has 0 bridgehead atoms. The number of carbonyl (C=O) groups excluding carboxylic acids is 3. The lowest BCUT2D eigenvalue weighted by atomic mass is 10.2. The summed E-state index contributed by atoms with van der Waals surface area (Å²) in [5, 5.41) is 12.4. The minimum Gasteiger partial charge on any atom is -0.480 e. The predicted octanol–water partition coefficient (Wildman–Crippen LogP) is -3.16. The normalized spacial score (nSPS) is 12.3. The van der Waals surface area contributed by atoms with Gasteiger partial charge in [0.2, 0.25) is 17.7 Å². The molecule has 20 heavy (non-hydrogen) atoms. The summed E-state index contributed by atoms with van der Waals surface area (Å²) in [4.78, 5) is 61.9. The number of carbonyl (C=O) groups is 4. The van der Waals surface area contributed by atoms with E-state index in [2.05, 4.69) is 11.8 Å². The lowest BCUT2D eigenvalue weighted by Gasteiger charge is -2.17. The van der Waals surface area contributed by atoms with Gasteiger partial charge in [-0.2, -0.15) is 0 Å². The second kappa shape index (κ2) is 7.90. The second-order valence-electron chi connectivity index (χ2n) is 3.72. The van der Waals surface area contributed by atoms with E-state index < -0.39 is 55.4 Å². The first-order chi connectivity index (χ1) is 9.01. The maximum atomic E-state index is 11.5. The van der Waals surface area contributed by atoms with Gasteiger partial charge in [-0.1, -0.05) is 0 Å². The molecule has 12 heteroatoms. The number of primary amides is 1. The van der Waals surface area contributed by atoms with Crippen LogP contribution >= 0.6 is 6.49 Å². The Hall–Kier alpha value is -1.55. The summed E-state index contributed by atoms with van der Waals surface area (Å²) in [6, 6.07) is -1.42. The van der Waals surface area contributed by atoms with Crippen LogP contribution in [0.15, 0.2) is 0 Å². The Labute approximate surface area is 118 Å². The number of amides is 3. The molecule has 0 spiro atoms. The maximum absolute atomic E-state index is 11.5. The van der Waals surface area contributed by atoms with Crippen LogP contribution in [0.2, 0.25) is 0 Å². The average Bonchev–Trinajstić information content (AvgIpc) is 2.21. The average molecular weight is 327 g/mol. The molecule has 1 atom stereocenters. The minimum absolute atomic E-state index is 0.572. The molecule has 7 N–H and O–H groups in total. The Morgan fingerprint density at radius 3 is 2.20 bits per heavy atom. The quantitative estimate of drug-likeness (QED) is 0.253. The molecule has 0 aromatic heterocycles. The Balaban J connectivity index is 4.67. The maximum Gasteiger partial charge on any atom is 0.322 e. The van der Waals surface area contributed by atoms with Gasteiger partial charge in [-0.15, -0.1) is 0 Å². The highest BCUT2D eigenvalue weighted by Gasteiger charge is 2.25. The fraction of sp³-hybridized carbons (Fsp3) is 0.500. The van der Waals surface area contributed by atoms with E-state index in [4.69, 9.17) is 20.6 Å². The predicted molar refractivity (Wildman–Crippen MR) is 70.0 cm³/mol. The van der Waals surface area contributed by atoms with Gasteiger partial charge in [-0.25, -0.2) is 0 Å². The molecule has 0 aromatic carbocycles. The molecule has 3 amide bonds. The van der Waals surface area contributed by atoms with Gasteiger partial charge in [-0.05, 0) is 11.8 Å². The molecule has 0 heterocycles. The van der Waals surface area contributed by atoms with E-state index in [1.54, 1.807) is 0 Å². The van der Waals surface area contributed by atoms with Crippen molar-refractivity contribution in [3.05, 3.63) is 0 Å².